The molecule has 21 aromatic carbocycles. The van der Waals surface area contributed by atoms with Crippen LogP contribution >= 0.6 is 63.7 Å². The van der Waals surface area contributed by atoms with Gasteiger partial charge in [-0.25, -0.2) is 0 Å². The molecule has 9 nitrogen and oxygen atoms in total. The molecule has 0 amide bonds. The van der Waals surface area contributed by atoms with Gasteiger partial charge in [0.05, 0.1) is 66.4 Å². The Labute approximate surface area is 882 Å². The fraction of sp³-hybridized carbons (Fsp3) is 0.0455. The van der Waals surface area contributed by atoms with Gasteiger partial charge in [-0.15, -0.1) is 0 Å². The van der Waals surface area contributed by atoms with Gasteiger partial charge in [-0.05, 0) is 309 Å². The highest BCUT2D eigenvalue weighted by Crippen LogP contribution is 2.45. The van der Waals surface area contributed by atoms with E-state index < -0.39 is 0 Å². The molecule has 0 radical (unpaired) electrons. The summed E-state index contributed by atoms with van der Waals surface area (Å²) in [5, 5.41) is 12.7. The van der Waals surface area contributed by atoms with Gasteiger partial charge in [0.1, 0.15) is 0 Å². The van der Waals surface area contributed by atoms with E-state index in [4.69, 9.17) is 9.31 Å². The van der Waals surface area contributed by atoms with Crippen molar-refractivity contribution in [3.05, 3.63) is 527 Å². The molecule has 146 heavy (non-hydrogen) atoms. The smallest absolute Gasteiger partial charge is 0.399 e. The molecule has 0 saturated carbocycles. The summed E-state index contributed by atoms with van der Waals surface area (Å²) in [4.78, 5) is 4.59. The van der Waals surface area contributed by atoms with Crippen LogP contribution in [0.25, 0.3) is 171 Å². The topological polar surface area (TPSA) is 49.6 Å². The van der Waals surface area contributed by atoms with Gasteiger partial charge in [0.2, 0.25) is 0 Å². The standard InChI is InChI=1S/C72H48N4.C24H24BNO2.C18H12Br3N.C18H12BrN/c1-7-19-67-61(13-1)62-14-2-8-20-68(62)74(67)58-43-31-52(32-44-58)49-25-37-55(38-26-49)73(56-39-27-50(28-40-56)53-33-45-59(46-34-53)75-69-21-9-3-15-63(69)64-16-4-10-22-70(64)75)57-41-29-51(30-42-57)54-35-47-60(48-36-54)76-71-23-11-5-17-65(71)66-18-6-12-24-72(66)76;1-23(2)24(3,4)28-25(27-23)17-13-15-18(16-14-17)26-21-11-7-5-9-19(21)20-10-6-8-12-22(20)26;19-13-1-7-16(8-2-13)22(17-9-3-14(20)4-10-17)18-11-5-15(21)6-12-18;19-13-9-11-14(12-10-13)20-17-7-3-1-5-15(17)16-6-2-4-8-18(16)20/h1-48H;5-16H,1-4H3;1-12H;1-12H. The van der Waals surface area contributed by atoms with Crippen LogP contribution in [0.4, 0.5) is 34.1 Å². The molecule has 0 unspecified atom stereocenters. The van der Waals surface area contributed by atoms with E-state index in [1.54, 1.807) is 0 Å². The minimum absolute atomic E-state index is 0.330. The normalized spacial score (nSPS) is 12.7. The third-order valence-electron chi connectivity index (χ3n) is 28.7. The van der Waals surface area contributed by atoms with E-state index in [0.717, 1.165) is 96.9 Å². The SMILES string of the molecule is Brc1ccc(-n2c3ccccc3c3ccccc32)cc1.Brc1ccc(N(c2ccc(Br)cc2)c2ccc(Br)cc2)cc1.CC1(C)OB(c2ccc(-n3c4ccccc4c4ccccc43)cc2)OC1(C)C.c1ccc2c(c1)c1ccccc1n2-c1ccc(-c2ccc(N(c3ccc(-c4ccc(-n5c6ccccc6c6ccccc65)cc4)cc3)c3ccc(-c4ccc(-n5c6ccccc6c6ccccc65)cc4)cc3)cc2)cc1. The summed E-state index contributed by atoms with van der Waals surface area (Å²) in [6.45, 7) is 8.33. The number of halogens is 4. The van der Waals surface area contributed by atoms with E-state index in [1.165, 1.54) is 131 Å². The van der Waals surface area contributed by atoms with E-state index in [1.807, 2.05) is 0 Å². The Morgan fingerprint density at radius 1 is 0.171 bits per heavy atom. The molecule has 1 aliphatic rings. The first kappa shape index (κ1) is 92.5. The zero-order valence-electron chi connectivity index (χ0n) is 80.5. The maximum atomic E-state index is 6.19. The quantitative estimate of drug-likeness (QED) is 0.0960. The summed E-state index contributed by atoms with van der Waals surface area (Å²) in [7, 11) is -0.336. The Morgan fingerprint density at radius 2 is 0.308 bits per heavy atom. The van der Waals surface area contributed by atoms with Gasteiger partial charge in [-0.1, -0.05) is 331 Å². The predicted octanol–water partition coefficient (Wildman–Crippen LogP) is 37.5. The zero-order chi connectivity index (χ0) is 98.7. The van der Waals surface area contributed by atoms with Gasteiger partial charge in [0.25, 0.3) is 0 Å². The number of nitrogens with zero attached hydrogens (tertiary/aromatic N) is 7. The molecule has 1 fully saturated rings. The fourth-order valence-corrected chi connectivity index (χ4v) is 21.9. The molecule has 1 saturated heterocycles. The monoisotopic (exact) mass is 2140 g/mol. The molecule has 0 aliphatic carbocycles. The Balaban J connectivity index is 0.000000131. The van der Waals surface area contributed by atoms with Gasteiger partial charge >= 0.3 is 7.12 Å². The number of anilines is 6. The van der Waals surface area contributed by atoms with Crippen LogP contribution < -0.4 is 15.3 Å². The van der Waals surface area contributed by atoms with E-state index in [9.17, 15) is 0 Å². The minimum atomic E-state index is -0.336. The molecule has 0 bridgehead atoms. The van der Waals surface area contributed by atoms with Crippen molar-refractivity contribution in [3.63, 3.8) is 0 Å². The number of aromatic nitrogens is 5. The fourth-order valence-electron chi connectivity index (χ4n) is 20.8. The van der Waals surface area contributed by atoms with Crippen molar-refractivity contribution in [1.29, 1.82) is 0 Å². The molecule has 702 valence electrons. The lowest BCUT2D eigenvalue weighted by atomic mass is 9.79. The molecule has 27 rings (SSSR count). The largest absolute Gasteiger partial charge is 0.494 e. The summed E-state index contributed by atoms with van der Waals surface area (Å²) < 4.78 is 28.4. The number of rotatable bonds is 15. The van der Waals surface area contributed by atoms with Crippen LogP contribution in [0, 0.1) is 0 Å². The number of benzene rings is 21. The summed E-state index contributed by atoms with van der Waals surface area (Å²) >= 11 is 14.0. The van der Waals surface area contributed by atoms with E-state index >= 15 is 0 Å². The second-order valence-corrected chi connectivity index (χ2v) is 41.5. The van der Waals surface area contributed by atoms with Gasteiger partial charge in [-0.3, -0.25) is 0 Å². The van der Waals surface area contributed by atoms with E-state index in [0.29, 0.717) is 0 Å². The third kappa shape index (κ3) is 17.6. The van der Waals surface area contributed by atoms with Crippen LogP contribution in [0.3, 0.4) is 0 Å². The first-order valence-electron chi connectivity index (χ1n) is 49.2. The van der Waals surface area contributed by atoms with Crippen LogP contribution in [-0.2, 0) is 9.31 Å². The average Bonchev–Trinajstić information content (AvgIpc) is 1.57. The number of para-hydroxylation sites is 10. The highest BCUT2D eigenvalue weighted by molar-refractivity contribution is 9.11. The van der Waals surface area contributed by atoms with E-state index in [-0.39, 0.29) is 18.3 Å². The zero-order valence-corrected chi connectivity index (χ0v) is 86.9. The lowest BCUT2D eigenvalue weighted by Gasteiger charge is -2.32. The number of hydrogen-bond donors (Lipinski definition) is 0. The van der Waals surface area contributed by atoms with Crippen molar-refractivity contribution < 1.29 is 9.31 Å². The van der Waals surface area contributed by atoms with Crippen LogP contribution in [0.5, 0.6) is 0 Å². The van der Waals surface area contributed by atoms with Crippen molar-refractivity contribution in [3.8, 4) is 61.8 Å². The molecule has 0 atom stereocenters. The van der Waals surface area contributed by atoms with Crippen LogP contribution in [-0.4, -0.2) is 41.2 Å². The van der Waals surface area contributed by atoms with Crippen LogP contribution in [0.2, 0.25) is 0 Å². The van der Waals surface area contributed by atoms with Crippen molar-refractivity contribution in [2.24, 2.45) is 0 Å². The van der Waals surface area contributed by atoms with Crippen molar-refractivity contribution >= 4 is 219 Å². The second kappa shape index (κ2) is 39.3. The first-order valence-corrected chi connectivity index (χ1v) is 52.4. The van der Waals surface area contributed by atoms with Gasteiger partial charge in [0, 0.05) is 134 Å². The second-order valence-electron chi connectivity index (χ2n) is 37.9. The third-order valence-corrected chi connectivity index (χ3v) is 30.8. The minimum Gasteiger partial charge on any atom is -0.399 e. The van der Waals surface area contributed by atoms with Crippen LogP contribution in [0.15, 0.2) is 527 Å². The Bertz CT molecular complexity index is 8440. The van der Waals surface area contributed by atoms with Crippen molar-refractivity contribution in [2.45, 2.75) is 38.9 Å². The predicted molar refractivity (Wildman–Crippen MR) is 630 cm³/mol. The highest BCUT2D eigenvalue weighted by Gasteiger charge is 2.52. The lowest BCUT2D eigenvalue weighted by Crippen LogP contribution is -2.41. The van der Waals surface area contributed by atoms with Crippen LogP contribution in [0.1, 0.15) is 27.7 Å². The number of hydrogen-bond acceptors (Lipinski definition) is 4. The first-order chi connectivity index (χ1) is 71.5. The molecule has 26 aromatic rings. The number of fused-ring (bicyclic) bond motifs is 15. The molecular formula is C132H96BBr4N7O2. The average molecular weight is 2140 g/mol. The molecule has 1 aliphatic heterocycles. The molecule has 0 N–H and O–H groups in total. The molecule has 5 aromatic heterocycles. The van der Waals surface area contributed by atoms with Gasteiger partial charge in [-0.2, -0.15) is 0 Å². The molecule has 0 spiro atoms. The maximum absolute atomic E-state index is 6.19. The summed E-state index contributed by atoms with van der Waals surface area (Å²) in [6.07, 6.45) is 0. The lowest BCUT2D eigenvalue weighted by molar-refractivity contribution is 0.00578. The van der Waals surface area contributed by atoms with Gasteiger partial charge in [0.15, 0.2) is 0 Å². The van der Waals surface area contributed by atoms with Gasteiger partial charge < -0.3 is 41.9 Å². The Morgan fingerprint density at radius 3 is 0.486 bits per heavy atom. The van der Waals surface area contributed by atoms with E-state index in [2.05, 4.69) is 634 Å². The summed E-state index contributed by atoms with van der Waals surface area (Å²) in [6, 6.07) is 182. The maximum Gasteiger partial charge on any atom is 0.494 e. The Hall–Kier alpha value is -15.9. The molecular weight excluding hydrogens is 2050 g/mol. The highest BCUT2D eigenvalue weighted by atomic mass is 79.9. The van der Waals surface area contributed by atoms with Crippen molar-refractivity contribution in [1.82, 2.24) is 22.8 Å². The summed E-state index contributed by atoms with van der Waals surface area (Å²) in [5.41, 5.74) is 31.9. The Kier molecular flexibility index (Phi) is 24.9. The summed E-state index contributed by atoms with van der Waals surface area (Å²) in [5.74, 6) is 0. The van der Waals surface area contributed by atoms with Crippen molar-refractivity contribution in [2.75, 3.05) is 9.80 Å². The molecule has 6 heterocycles. The molecule has 14 heteroatoms.